The van der Waals surface area contributed by atoms with E-state index in [9.17, 15) is 4.79 Å². The van der Waals surface area contributed by atoms with Gasteiger partial charge in [0.1, 0.15) is 0 Å². The van der Waals surface area contributed by atoms with Crippen LogP contribution in [-0.4, -0.2) is 18.7 Å². The van der Waals surface area contributed by atoms with Gasteiger partial charge in [0, 0.05) is 19.2 Å². The summed E-state index contributed by atoms with van der Waals surface area (Å²) < 4.78 is 0. The first-order valence-corrected chi connectivity index (χ1v) is 6.35. The predicted molar refractivity (Wildman–Crippen MR) is 70.3 cm³/mol. The summed E-state index contributed by atoms with van der Waals surface area (Å²) in [5, 5.41) is 0. The monoisotopic (exact) mass is 235 g/mol. The Labute approximate surface area is 102 Å². The molecular weight excluding hydrogens is 218 g/mol. The number of fused-ring (bicyclic) bond motifs is 1. The Kier molecular flexibility index (Phi) is 3.54. The summed E-state index contributed by atoms with van der Waals surface area (Å²) in [4.78, 5) is 13.5. The van der Waals surface area contributed by atoms with Crippen LogP contribution < -0.4 is 4.90 Å². The van der Waals surface area contributed by atoms with E-state index in [-0.39, 0.29) is 5.91 Å². The highest BCUT2D eigenvalue weighted by atomic mass is 32.1. The first kappa shape index (κ1) is 11.5. The van der Waals surface area contributed by atoms with Gasteiger partial charge in [0.2, 0.25) is 5.91 Å². The quantitative estimate of drug-likeness (QED) is 0.798. The molecule has 2 nitrogen and oxygen atoms in total. The maximum atomic E-state index is 11.7. The number of anilines is 1. The van der Waals surface area contributed by atoms with Gasteiger partial charge in [0.25, 0.3) is 0 Å². The second-order valence-electron chi connectivity index (χ2n) is 4.23. The Bertz CT molecular complexity index is 403. The van der Waals surface area contributed by atoms with Crippen LogP contribution in [0.3, 0.4) is 0 Å². The molecule has 0 atom stereocenters. The lowest BCUT2D eigenvalue weighted by Crippen LogP contribution is -2.26. The van der Waals surface area contributed by atoms with E-state index in [1.807, 2.05) is 13.1 Å². The van der Waals surface area contributed by atoms with Gasteiger partial charge in [-0.05, 0) is 48.3 Å². The van der Waals surface area contributed by atoms with Crippen LogP contribution in [0.25, 0.3) is 0 Å². The molecule has 0 saturated carbocycles. The highest BCUT2D eigenvalue weighted by molar-refractivity contribution is 7.80. The first-order valence-electron chi connectivity index (χ1n) is 5.71. The van der Waals surface area contributed by atoms with Crippen molar-refractivity contribution in [2.75, 3.05) is 17.7 Å². The van der Waals surface area contributed by atoms with E-state index >= 15 is 0 Å². The van der Waals surface area contributed by atoms with Crippen molar-refractivity contribution in [2.45, 2.75) is 25.7 Å². The second-order valence-corrected chi connectivity index (χ2v) is 4.68. The zero-order valence-corrected chi connectivity index (χ0v) is 10.5. The average Bonchev–Trinajstić information content (AvgIpc) is 2.75. The van der Waals surface area contributed by atoms with E-state index in [0.717, 1.165) is 12.1 Å². The highest BCUT2D eigenvalue weighted by Gasteiger charge is 2.14. The molecule has 1 aromatic carbocycles. The normalized spacial score (nSPS) is 13.6. The number of aryl methyl sites for hydroxylation is 2. The molecule has 86 valence electrons. The molecule has 3 heteroatoms. The van der Waals surface area contributed by atoms with Gasteiger partial charge in [-0.3, -0.25) is 4.79 Å². The number of carbonyl (C=O) groups excluding carboxylic acids is 1. The Morgan fingerprint density at radius 2 is 2.12 bits per heavy atom. The van der Waals surface area contributed by atoms with Crippen molar-refractivity contribution in [2.24, 2.45) is 0 Å². The second kappa shape index (κ2) is 4.91. The lowest BCUT2D eigenvalue weighted by atomic mass is 10.1. The fraction of sp³-hybridized carbons (Fsp3) is 0.462. The van der Waals surface area contributed by atoms with Crippen molar-refractivity contribution >= 4 is 24.2 Å². The molecule has 0 aliphatic heterocycles. The summed E-state index contributed by atoms with van der Waals surface area (Å²) in [7, 11) is 1.84. The maximum Gasteiger partial charge on any atom is 0.227 e. The molecule has 0 aromatic heterocycles. The summed E-state index contributed by atoms with van der Waals surface area (Å²) >= 11 is 4.08. The third-order valence-corrected chi connectivity index (χ3v) is 3.39. The van der Waals surface area contributed by atoms with E-state index in [1.54, 1.807) is 4.90 Å². The largest absolute Gasteiger partial charge is 0.315 e. The standard InChI is InChI=1S/C13H17NOS/c1-14(13(15)7-8-16)12-6-5-10-3-2-4-11(10)9-12/h5-6,9,16H,2-4,7-8H2,1H3. The smallest absolute Gasteiger partial charge is 0.227 e. The lowest BCUT2D eigenvalue weighted by Gasteiger charge is -2.18. The van der Waals surface area contributed by atoms with Crippen molar-refractivity contribution in [1.29, 1.82) is 0 Å². The van der Waals surface area contributed by atoms with Crippen LogP contribution in [-0.2, 0) is 17.6 Å². The van der Waals surface area contributed by atoms with Crippen LogP contribution >= 0.6 is 12.6 Å². The van der Waals surface area contributed by atoms with Gasteiger partial charge in [0.15, 0.2) is 0 Å². The summed E-state index contributed by atoms with van der Waals surface area (Å²) in [5.41, 5.74) is 3.86. The maximum absolute atomic E-state index is 11.7. The van der Waals surface area contributed by atoms with E-state index in [0.29, 0.717) is 12.2 Å². The predicted octanol–water partition coefficient (Wildman–Crippen LogP) is 2.46. The van der Waals surface area contributed by atoms with Gasteiger partial charge >= 0.3 is 0 Å². The molecule has 1 aliphatic rings. The Morgan fingerprint density at radius 1 is 1.38 bits per heavy atom. The third kappa shape index (κ3) is 2.24. The SMILES string of the molecule is CN(C(=O)CCS)c1ccc2c(c1)CCC2. The molecule has 0 bridgehead atoms. The average molecular weight is 235 g/mol. The van der Waals surface area contributed by atoms with Gasteiger partial charge in [-0.1, -0.05) is 6.07 Å². The van der Waals surface area contributed by atoms with E-state index in [2.05, 4.69) is 24.8 Å². The van der Waals surface area contributed by atoms with Crippen LogP contribution in [0.15, 0.2) is 18.2 Å². The molecule has 1 aliphatic carbocycles. The number of nitrogens with zero attached hydrogens (tertiary/aromatic N) is 1. The minimum absolute atomic E-state index is 0.132. The van der Waals surface area contributed by atoms with Gasteiger partial charge in [-0.2, -0.15) is 12.6 Å². The Hall–Kier alpha value is -0.960. The molecule has 0 spiro atoms. The van der Waals surface area contributed by atoms with Crippen LogP contribution in [0, 0.1) is 0 Å². The highest BCUT2D eigenvalue weighted by Crippen LogP contribution is 2.26. The number of thiol groups is 1. The first-order chi connectivity index (χ1) is 7.72. The zero-order chi connectivity index (χ0) is 11.5. The summed E-state index contributed by atoms with van der Waals surface area (Å²) in [6.07, 6.45) is 4.07. The van der Waals surface area contributed by atoms with Gasteiger partial charge < -0.3 is 4.90 Å². The van der Waals surface area contributed by atoms with Crippen LogP contribution in [0.1, 0.15) is 24.0 Å². The zero-order valence-electron chi connectivity index (χ0n) is 9.57. The van der Waals surface area contributed by atoms with Gasteiger partial charge in [-0.25, -0.2) is 0 Å². The minimum Gasteiger partial charge on any atom is -0.315 e. The van der Waals surface area contributed by atoms with Crippen LogP contribution in [0.4, 0.5) is 5.69 Å². The third-order valence-electron chi connectivity index (χ3n) is 3.17. The fourth-order valence-corrected chi connectivity index (χ4v) is 2.37. The van der Waals surface area contributed by atoms with Gasteiger partial charge in [-0.15, -0.1) is 0 Å². The van der Waals surface area contributed by atoms with Crippen molar-refractivity contribution < 1.29 is 4.79 Å². The molecule has 0 N–H and O–H groups in total. The number of amides is 1. The Balaban J connectivity index is 2.18. The van der Waals surface area contributed by atoms with Crippen LogP contribution in [0.5, 0.6) is 0 Å². The topological polar surface area (TPSA) is 20.3 Å². The number of carbonyl (C=O) groups is 1. The van der Waals surface area contributed by atoms with E-state index < -0.39 is 0 Å². The molecule has 0 fully saturated rings. The summed E-state index contributed by atoms with van der Waals surface area (Å²) in [6.45, 7) is 0. The number of hydrogen-bond acceptors (Lipinski definition) is 2. The van der Waals surface area contributed by atoms with Crippen molar-refractivity contribution in [3.8, 4) is 0 Å². The van der Waals surface area contributed by atoms with E-state index in [1.165, 1.54) is 24.0 Å². The molecule has 0 heterocycles. The summed E-state index contributed by atoms with van der Waals surface area (Å²) in [5.74, 6) is 0.738. The number of hydrogen-bond donors (Lipinski definition) is 1. The molecule has 16 heavy (non-hydrogen) atoms. The fourth-order valence-electron chi connectivity index (χ4n) is 2.17. The minimum atomic E-state index is 0.132. The molecule has 2 rings (SSSR count). The van der Waals surface area contributed by atoms with Crippen molar-refractivity contribution in [3.63, 3.8) is 0 Å². The number of benzene rings is 1. The molecule has 1 amide bonds. The van der Waals surface area contributed by atoms with E-state index in [4.69, 9.17) is 0 Å². The number of rotatable bonds is 3. The van der Waals surface area contributed by atoms with Crippen molar-refractivity contribution in [3.05, 3.63) is 29.3 Å². The molecule has 0 unspecified atom stereocenters. The molecule has 0 saturated heterocycles. The lowest BCUT2D eigenvalue weighted by molar-refractivity contribution is -0.117. The molecular formula is C13H17NOS. The summed E-state index contributed by atoms with van der Waals surface area (Å²) in [6, 6.07) is 6.35. The van der Waals surface area contributed by atoms with Gasteiger partial charge in [0.05, 0.1) is 0 Å². The molecule has 1 aromatic rings. The van der Waals surface area contributed by atoms with Crippen molar-refractivity contribution in [1.82, 2.24) is 0 Å². The molecule has 0 radical (unpaired) electrons. The van der Waals surface area contributed by atoms with Crippen LogP contribution in [0.2, 0.25) is 0 Å². The Morgan fingerprint density at radius 3 is 2.88 bits per heavy atom.